The van der Waals surface area contributed by atoms with Gasteiger partial charge in [-0.25, -0.2) is 0 Å². The maximum Gasteiger partial charge on any atom is 0.433 e. The standard InChI is InChI=1S/C26H30ClF3N4O5/c1-25(35)12-16(13-25)34-24(26(28,29)30)18(14-31-34)23-19(15-36-2)22(32-39-23)17-4-3-5-20(21(17)27)38-11-8-33-6-9-37-10-7-33/h3-5,14,16,35H,6-13,15H2,1-2H3. The van der Waals surface area contributed by atoms with Gasteiger partial charge in [0.15, 0.2) is 11.5 Å². The van der Waals surface area contributed by atoms with E-state index in [0.717, 1.165) is 24.0 Å². The van der Waals surface area contributed by atoms with Crippen LogP contribution < -0.4 is 4.74 Å². The molecule has 0 radical (unpaired) electrons. The summed E-state index contributed by atoms with van der Waals surface area (Å²) in [4.78, 5) is 2.23. The number of ether oxygens (including phenoxy) is 3. The Bertz CT molecular complexity index is 1300. The zero-order chi connectivity index (χ0) is 27.8. The number of benzene rings is 1. The highest BCUT2D eigenvalue weighted by molar-refractivity contribution is 6.34. The predicted octanol–water partition coefficient (Wildman–Crippen LogP) is 4.82. The van der Waals surface area contributed by atoms with Crippen LogP contribution in [0, 0.1) is 0 Å². The predicted molar refractivity (Wildman–Crippen MR) is 136 cm³/mol. The van der Waals surface area contributed by atoms with Crippen molar-refractivity contribution in [2.75, 3.05) is 46.6 Å². The highest BCUT2D eigenvalue weighted by atomic mass is 35.5. The van der Waals surface area contributed by atoms with Crippen molar-refractivity contribution in [2.45, 2.75) is 44.2 Å². The maximum atomic E-state index is 14.3. The number of rotatable bonds is 9. The topological polar surface area (TPSA) is 95.0 Å². The van der Waals surface area contributed by atoms with Crippen LogP contribution >= 0.6 is 11.6 Å². The Hall–Kier alpha value is -2.64. The van der Waals surface area contributed by atoms with E-state index in [1.54, 1.807) is 25.1 Å². The van der Waals surface area contributed by atoms with Crippen molar-refractivity contribution >= 4 is 11.6 Å². The van der Waals surface area contributed by atoms with Crippen molar-refractivity contribution in [3.05, 3.63) is 40.7 Å². The van der Waals surface area contributed by atoms with Crippen molar-refractivity contribution in [3.63, 3.8) is 0 Å². The number of alkyl halides is 3. The van der Waals surface area contributed by atoms with E-state index in [1.807, 2.05) is 0 Å². The fourth-order valence-corrected chi connectivity index (χ4v) is 5.41. The number of hydrogen-bond acceptors (Lipinski definition) is 8. The summed E-state index contributed by atoms with van der Waals surface area (Å²) in [6, 6.07) is 4.57. The summed E-state index contributed by atoms with van der Waals surface area (Å²) in [5, 5.41) is 18.5. The van der Waals surface area contributed by atoms with Crippen LogP contribution in [0.1, 0.15) is 37.1 Å². The molecule has 1 saturated carbocycles. The van der Waals surface area contributed by atoms with Crippen LogP contribution in [0.25, 0.3) is 22.6 Å². The van der Waals surface area contributed by atoms with Gasteiger partial charge in [-0.05, 0) is 25.8 Å². The first-order valence-electron chi connectivity index (χ1n) is 12.7. The Balaban J connectivity index is 1.46. The smallest absolute Gasteiger partial charge is 0.433 e. The molecule has 0 atom stereocenters. The highest BCUT2D eigenvalue weighted by Gasteiger charge is 2.47. The van der Waals surface area contributed by atoms with Crippen LogP contribution in [0.2, 0.25) is 5.02 Å². The van der Waals surface area contributed by atoms with Gasteiger partial charge in [0.1, 0.15) is 18.1 Å². The van der Waals surface area contributed by atoms with Gasteiger partial charge in [-0.15, -0.1) is 0 Å². The summed E-state index contributed by atoms with van der Waals surface area (Å²) in [5.74, 6) is 0.322. The molecule has 5 rings (SSSR count). The average Bonchev–Trinajstić information content (AvgIpc) is 3.49. The third-order valence-corrected chi connectivity index (χ3v) is 7.46. The summed E-state index contributed by atoms with van der Waals surface area (Å²) < 4.78 is 65.9. The molecule has 2 fully saturated rings. The zero-order valence-electron chi connectivity index (χ0n) is 21.6. The van der Waals surface area contributed by atoms with E-state index in [-0.39, 0.29) is 41.5 Å². The quantitative estimate of drug-likeness (QED) is 0.391. The molecule has 1 aliphatic heterocycles. The number of aromatic nitrogens is 3. The Morgan fingerprint density at radius 3 is 2.62 bits per heavy atom. The molecule has 2 aliphatic rings. The summed E-state index contributed by atoms with van der Waals surface area (Å²) >= 11 is 6.69. The molecule has 0 unspecified atom stereocenters. The fraction of sp³-hybridized carbons (Fsp3) is 0.538. The van der Waals surface area contributed by atoms with Crippen molar-refractivity contribution in [3.8, 4) is 28.3 Å². The van der Waals surface area contributed by atoms with E-state index in [9.17, 15) is 18.3 Å². The van der Waals surface area contributed by atoms with Gasteiger partial charge >= 0.3 is 6.18 Å². The van der Waals surface area contributed by atoms with Crippen molar-refractivity contribution in [2.24, 2.45) is 0 Å². The summed E-state index contributed by atoms with van der Waals surface area (Å²) in [6.45, 7) is 5.64. The van der Waals surface area contributed by atoms with E-state index in [2.05, 4.69) is 15.2 Å². The first-order valence-corrected chi connectivity index (χ1v) is 13.0. The summed E-state index contributed by atoms with van der Waals surface area (Å²) in [7, 11) is 1.43. The van der Waals surface area contributed by atoms with Crippen molar-refractivity contribution in [1.29, 1.82) is 0 Å². The van der Waals surface area contributed by atoms with E-state index in [1.165, 1.54) is 7.11 Å². The van der Waals surface area contributed by atoms with Crippen molar-refractivity contribution < 1.29 is 37.0 Å². The lowest BCUT2D eigenvalue weighted by molar-refractivity contribution is -0.148. The first-order chi connectivity index (χ1) is 18.6. The minimum atomic E-state index is -4.73. The van der Waals surface area contributed by atoms with Gasteiger partial charge in [0, 0.05) is 32.3 Å². The number of halogens is 4. The molecule has 9 nitrogen and oxygen atoms in total. The van der Waals surface area contributed by atoms with Crippen LogP contribution in [0.5, 0.6) is 5.75 Å². The third kappa shape index (κ3) is 5.80. The Morgan fingerprint density at radius 1 is 1.21 bits per heavy atom. The lowest BCUT2D eigenvalue weighted by Crippen LogP contribution is -2.43. The number of aliphatic hydroxyl groups is 1. The van der Waals surface area contributed by atoms with Crippen LogP contribution in [0.15, 0.2) is 28.9 Å². The molecular weight excluding hydrogens is 541 g/mol. The fourth-order valence-electron chi connectivity index (χ4n) is 5.14. The monoisotopic (exact) mass is 570 g/mol. The first kappa shape index (κ1) is 27.9. The van der Waals surface area contributed by atoms with Gasteiger partial charge in [0.25, 0.3) is 0 Å². The summed E-state index contributed by atoms with van der Waals surface area (Å²) in [5.41, 5.74) is -1.24. The minimum Gasteiger partial charge on any atom is -0.491 e. The Labute approximate surface area is 228 Å². The average molecular weight is 571 g/mol. The highest BCUT2D eigenvalue weighted by Crippen LogP contribution is 2.47. The second kappa shape index (κ2) is 11.1. The molecular formula is C26H30ClF3N4O5. The molecule has 1 N–H and O–H groups in total. The van der Waals surface area contributed by atoms with E-state index in [0.29, 0.717) is 43.2 Å². The Kier molecular flexibility index (Phi) is 7.93. The lowest BCUT2D eigenvalue weighted by atomic mass is 9.77. The normalized spacial score (nSPS) is 22.2. The van der Waals surface area contributed by atoms with E-state index >= 15 is 0 Å². The van der Waals surface area contributed by atoms with E-state index in [4.69, 9.17) is 30.3 Å². The molecule has 39 heavy (non-hydrogen) atoms. The minimum absolute atomic E-state index is 0.0762. The number of nitrogens with zero attached hydrogens (tertiary/aromatic N) is 4. The molecule has 0 spiro atoms. The van der Waals surface area contributed by atoms with Crippen LogP contribution in [-0.2, 0) is 22.3 Å². The number of methoxy groups -OCH3 is 1. The molecule has 13 heteroatoms. The number of hydrogen-bond donors (Lipinski definition) is 1. The van der Waals surface area contributed by atoms with Gasteiger partial charge in [-0.3, -0.25) is 9.58 Å². The lowest BCUT2D eigenvalue weighted by Gasteiger charge is -2.41. The van der Waals surface area contributed by atoms with E-state index < -0.39 is 23.5 Å². The molecule has 1 aliphatic carbocycles. The molecule has 3 heterocycles. The molecule has 0 bridgehead atoms. The molecule has 2 aromatic heterocycles. The van der Waals surface area contributed by atoms with Crippen LogP contribution in [-0.4, -0.2) is 77.1 Å². The molecule has 0 amide bonds. The van der Waals surface area contributed by atoms with Gasteiger partial charge in [0.05, 0.1) is 53.8 Å². The Morgan fingerprint density at radius 2 is 1.95 bits per heavy atom. The third-order valence-electron chi connectivity index (χ3n) is 7.07. The molecule has 212 valence electrons. The summed E-state index contributed by atoms with van der Waals surface area (Å²) in [6.07, 6.45) is -3.28. The molecule has 1 saturated heterocycles. The van der Waals surface area contributed by atoms with Gasteiger partial charge < -0.3 is 23.8 Å². The number of morpholine rings is 1. The van der Waals surface area contributed by atoms with Gasteiger partial charge in [0.2, 0.25) is 0 Å². The van der Waals surface area contributed by atoms with Gasteiger partial charge in [-0.1, -0.05) is 28.9 Å². The van der Waals surface area contributed by atoms with Crippen molar-refractivity contribution in [1.82, 2.24) is 19.8 Å². The maximum absolute atomic E-state index is 14.3. The SMILES string of the molecule is COCc1c(-c2cccc(OCCN3CCOCC3)c2Cl)noc1-c1cnn(C2CC(C)(O)C2)c1C(F)(F)F. The van der Waals surface area contributed by atoms with Gasteiger partial charge in [-0.2, -0.15) is 18.3 Å². The second-order valence-corrected chi connectivity index (χ2v) is 10.5. The van der Waals surface area contributed by atoms with Crippen LogP contribution in [0.4, 0.5) is 13.2 Å². The van der Waals surface area contributed by atoms with Crippen LogP contribution in [0.3, 0.4) is 0 Å². The second-order valence-electron chi connectivity index (χ2n) is 10.1. The largest absolute Gasteiger partial charge is 0.491 e. The molecule has 1 aromatic carbocycles. The zero-order valence-corrected chi connectivity index (χ0v) is 22.4. The molecule has 3 aromatic rings.